The smallest absolute Gasteiger partial charge is 0.417 e. The van der Waals surface area contributed by atoms with Gasteiger partial charge in [-0.05, 0) is 38.8 Å². The molecule has 2 aliphatic rings. The number of ether oxygens (including phenoxy) is 2. The fourth-order valence-corrected chi connectivity index (χ4v) is 3.92. The normalized spacial score (nSPS) is 28.2. The van der Waals surface area contributed by atoms with E-state index >= 15 is 0 Å². The van der Waals surface area contributed by atoms with Crippen LogP contribution < -0.4 is 4.90 Å². The first-order chi connectivity index (χ1) is 9.33. The van der Waals surface area contributed by atoms with Crippen LogP contribution in [0.4, 0.5) is 10.5 Å². The number of nitrogens with zero attached hydrogens (tertiary/aromatic N) is 1. The summed E-state index contributed by atoms with van der Waals surface area (Å²) in [5.74, 6) is 0. The molecule has 0 aliphatic carbocycles. The van der Waals surface area contributed by atoms with Gasteiger partial charge in [-0.3, -0.25) is 0 Å². The van der Waals surface area contributed by atoms with Crippen molar-refractivity contribution in [1.29, 1.82) is 0 Å². The molecule has 0 aromatic heterocycles. The summed E-state index contributed by atoms with van der Waals surface area (Å²) in [6, 6.07) is 7.99. The molecule has 1 aromatic carbocycles. The van der Waals surface area contributed by atoms with Crippen LogP contribution >= 0.6 is 22.6 Å². The predicted molar refractivity (Wildman–Crippen MR) is 85.2 cm³/mol. The lowest BCUT2D eigenvalue weighted by Gasteiger charge is -2.29. The van der Waals surface area contributed by atoms with Crippen molar-refractivity contribution in [1.82, 2.24) is 0 Å². The van der Waals surface area contributed by atoms with Crippen molar-refractivity contribution in [2.75, 3.05) is 11.5 Å². The molecule has 5 heteroatoms. The second-order valence-corrected chi connectivity index (χ2v) is 8.13. The van der Waals surface area contributed by atoms with Gasteiger partial charge in [0, 0.05) is 0 Å². The molecule has 108 valence electrons. The van der Waals surface area contributed by atoms with Crippen LogP contribution in [0.25, 0.3) is 0 Å². The first kappa shape index (κ1) is 14.1. The average molecular weight is 387 g/mol. The van der Waals surface area contributed by atoms with Gasteiger partial charge in [0.25, 0.3) is 0 Å². The predicted octanol–water partition coefficient (Wildman–Crippen LogP) is 3.82. The number of rotatable bonds is 0. The van der Waals surface area contributed by atoms with Crippen molar-refractivity contribution < 1.29 is 14.3 Å². The van der Waals surface area contributed by atoms with Crippen LogP contribution in [-0.2, 0) is 12.9 Å². The molecule has 1 fully saturated rings. The molecule has 1 saturated heterocycles. The molecule has 3 rings (SSSR count). The van der Waals surface area contributed by atoms with Gasteiger partial charge in [-0.1, -0.05) is 40.8 Å². The van der Waals surface area contributed by atoms with E-state index in [0.717, 1.165) is 17.7 Å². The van der Waals surface area contributed by atoms with Crippen molar-refractivity contribution in [2.45, 2.75) is 42.4 Å². The third-order valence-electron chi connectivity index (χ3n) is 3.57. The Hall–Kier alpha value is -0.820. The average Bonchev–Trinajstić information content (AvgIpc) is 2.80. The van der Waals surface area contributed by atoms with Crippen molar-refractivity contribution in [2.24, 2.45) is 0 Å². The monoisotopic (exact) mass is 387 g/mol. The number of para-hydroxylation sites is 1. The molecule has 20 heavy (non-hydrogen) atoms. The Morgan fingerprint density at radius 3 is 2.85 bits per heavy atom. The number of alkyl halides is 1. The topological polar surface area (TPSA) is 38.8 Å². The van der Waals surface area contributed by atoms with Gasteiger partial charge in [0.15, 0.2) is 6.23 Å². The Balaban J connectivity index is 2.01. The highest BCUT2D eigenvalue weighted by molar-refractivity contribution is 14.1. The van der Waals surface area contributed by atoms with Crippen LogP contribution in [0.15, 0.2) is 24.3 Å². The van der Waals surface area contributed by atoms with E-state index < -0.39 is 5.60 Å². The van der Waals surface area contributed by atoms with Crippen LogP contribution in [0.1, 0.15) is 32.8 Å². The van der Waals surface area contributed by atoms with Gasteiger partial charge in [0.05, 0.1) is 15.7 Å². The SMILES string of the molecule is CC(C)(C)OC(=O)N1c2ccccc2[C@]2(I)CCO[C@H]12. The maximum Gasteiger partial charge on any atom is 0.417 e. The Bertz CT molecular complexity index is 554. The standard InChI is InChI=1S/C15H18INO3/c1-14(2,3)20-13(18)17-11-7-5-4-6-10(11)15(16)8-9-19-12(15)17/h4-7,12H,8-9H2,1-3H3/t12-,15+/m0/s1. The molecule has 0 saturated carbocycles. The number of anilines is 1. The Morgan fingerprint density at radius 2 is 2.15 bits per heavy atom. The van der Waals surface area contributed by atoms with E-state index in [1.54, 1.807) is 4.90 Å². The number of amides is 1. The number of benzene rings is 1. The number of fused-ring (bicyclic) bond motifs is 3. The van der Waals surface area contributed by atoms with Gasteiger partial charge in [0.1, 0.15) is 5.60 Å². The van der Waals surface area contributed by atoms with Crippen LogP contribution in [0.3, 0.4) is 0 Å². The zero-order valence-corrected chi connectivity index (χ0v) is 14.0. The minimum atomic E-state index is -0.513. The van der Waals surface area contributed by atoms with Gasteiger partial charge in [-0.15, -0.1) is 0 Å². The van der Waals surface area contributed by atoms with Crippen molar-refractivity contribution >= 4 is 34.4 Å². The molecule has 1 amide bonds. The summed E-state index contributed by atoms with van der Waals surface area (Å²) in [5, 5.41) is 0. The summed E-state index contributed by atoms with van der Waals surface area (Å²) in [6.07, 6.45) is 0.305. The van der Waals surface area contributed by atoms with Gasteiger partial charge in [-0.25, -0.2) is 9.69 Å². The number of hydrogen-bond acceptors (Lipinski definition) is 3. The lowest BCUT2D eigenvalue weighted by Crippen LogP contribution is -2.45. The lowest BCUT2D eigenvalue weighted by atomic mass is 9.99. The molecule has 0 N–H and O–H groups in total. The fraction of sp³-hybridized carbons (Fsp3) is 0.533. The quantitative estimate of drug-likeness (QED) is 0.502. The maximum absolute atomic E-state index is 12.5. The van der Waals surface area contributed by atoms with Crippen molar-refractivity contribution in [3.63, 3.8) is 0 Å². The van der Waals surface area contributed by atoms with Gasteiger partial charge >= 0.3 is 6.09 Å². The summed E-state index contributed by atoms with van der Waals surface area (Å²) in [4.78, 5) is 14.2. The second kappa shape index (κ2) is 4.59. The summed E-state index contributed by atoms with van der Waals surface area (Å²) in [5.41, 5.74) is 1.55. The summed E-state index contributed by atoms with van der Waals surface area (Å²) >= 11 is 2.42. The first-order valence-corrected chi connectivity index (χ1v) is 7.83. The number of carbonyl (C=O) groups excluding carboxylic acids is 1. The van der Waals surface area contributed by atoms with Crippen molar-refractivity contribution in [3.8, 4) is 0 Å². The van der Waals surface area contributed by atoms with Gasteiger partial charge in [-0.2, -0.15) is 0 Å². The van der Waals surface area contributed by atoms with E-state index in [2.05, 4.69) is 28.7 Å². The second-order valence-electron chi connectivity index (χ2n) is 6.20. The molecule has 0 unspecified atom stereocenters. The number of halogens is 1. The Kier molecular flexibility index (Phi) is 3.25. The van der Waals surface area contributed by atoms with Gasteiger partial charge in [0.2, 0.25) is 0 Å². The lowest BCUT2D eigenvalue weighted by molar-refractivity contribution is 0.0414. The molecular formula is C15H18INO3. The Morgan fingerprint density at radius 1 is 1.45 bits per heavy atom. The summed E-state index contributed by atoms with van der Waals surface area (Å²) in [7, 11) is 0. The minimum absolute atomic E-state index is 0.161. The van der Waals surface area contributed by atoms with Gasteiger partial charge < -0.3 is 9.47 Å². The molecule has 0 bridgehead atoms. The summed E-state index contributed by atoms with van der Waals surface area (Å²) < 4.78 is 11.2. The third kappa shape index (κ3) is 2.11. The van der Waals surface area contributed by atoms with E-state index in [9.17, 15) is 4.79 Å². The first-order valence-electron chi connectivity index (χ1n) is 6.75. The van der Waals surface area contributed by atoms with Crippen LogP contribution in [0.5, 0.6) is 0 Å². The molecule has 2 atom stereocenters. The molecule has 2 heterocycles. The van der Waals surface area contributed by atoms with E-state index in [0.29, 0.717) is 6.61 Å². The maximum atomic E-state index is 12.5. The third-order valence-corrected chi connectivity index (χ3v) is 5.22. The molecular weight excluding hydrogens is 369 g/mol. The van der Waals surface area contributed by atoms with Crippen molar-refractivity contribution in [3.05, 3.63) is 29.8 Å². The Labute approximate surface area is 132 Å². The van der Waals surface area contributed by atoms with E-state index in [-0.39, 0.29) is 15.7 Å². The van der Waals surface area contributed by atoms with E-state index in [1.807, 2.05) is 39.0 Å². The van der Waals surface area contributed by atoms with Crippen LogP contribution in [-0.4, -0.2) is 24.5 Å². The molecule has 0 radical (unpaired) electrons. The summed E-state index contributed by atoms with van der Waals surface area (Å²) in [6.45, 7) is 6.29. The minimum Gasteiger partial charge on any atom is -0.443 e. The number of carbonyl (C=O) groups is 1. The van der Waals surface area contributed by atoms with Crippen LogP contribution in [0.2, 0.25) is 0 Å². The van der Waals surface area contributed by atoms with E-state index in [1.165, 1.54) is 0 Å². The fourth-order valence-electron chi connectivity index (χ4n) is 2.79. The highest BCUT2D eigenvalue weighted by Crippen LogP contribution is 2.55. The van der Waals surface area contributed by atoms with Crippen LogP contribution in [0, 0.1) is 0 Å². The van der Waals surface area contributed by atoms with E-state index in [4.69, 9.17) is 9.47 Å². The zero-order chi connectivity index (χ0) is 14.5. The zero-order valence-electron chi connectivity index (χ0n) is 11.9. The molecule has 2 aliphatic heterocycles. The largest absolute Gasteiger partial charge is 0.443 e. The number of hydrogen-bond donors (Lipinski definition) is 0. The highest BCUT2D eigenvalue weighted by atomic mass is 127. The molecule has 0 spiro atoms. The molecule has 4 nitrogen and oxygen atoms in total. The molecule has 1 aromatic rings. The highest BCUT2D eigenvalue weighted by Gasteiger charge is 2.56.